The standard InChI is InChI=1S/C25H19N5O3/c1-30-20-8-4-3-7-19(20)29-23(30)22(31)16-9-11-17(12-10-16)33-25-21(26-14-15-28-25)18-6-5-13-27-24(18)32-2/h3-15H,1-2H3. The molecule has 33 heavy (non-hydrogen) atoms. The SMILES string of the molecule is COc1ncccc1-c1nccnc1Oc1ccc(C(=O)c2nc3ccccc3n2C)cc1. The number of carbonyl (C=O) groups is 1. The van der Waals surface area contributed by atoms with Crippen molar-refractivity contribution in [2.24, 2.45) is 7.05 Å². The summed E-state index contributed by atoms with van der Waals surface area (Å²) in [7, 11) is 3.38. The Bertz CT molecular complexity index is 1460. The fraction of sp³-hybridized carbons (Fsp3) is 0.0800. The molecule has 162 valence electrons. The van der Waals surface area contributed by atoms with E-state index in [1.165, 1.54) is 0 Å². The largest absolute Gasteiger partial charge is 0.481 e. The van der Waals surface area contributed by atoms with E-state index in [1.54, 1.807) is 60.6 Å². The molecule has 0 unspecified atom stereocenters. The van der Waals surface area contributed by atoms with Crippen LogP contribution in [0.5, 0.6) is 17.5 Å². The summed E-state index contributed by atoms with van der Waals surface area (Å²) in [4.78, 5) is 30.5. The number of hydrogen-bond donors (Lipinski definition) is 0. The Balaban J connectivity index is 1.42. The van der Waals surface area contributed by atoms with Crippen LogP contribution in [0.1, 0.15) is 16.2 Å². The average molecular weight is 437 g/mol. The van der Waals surface area contributed by atoms with Crippen LogP contribution in [0, 0.1) is 0 Å². The van der Waals surface area contributed by atoms with Crippen LogP contribution < -0.4 is 9.47 Å². The predicted octanol–water partition coefficient (Wildman–Crippen LogP) is 4.46. The molecular formula is C25H19N5O3. The van der Waals surface area contributed by atoms with Gasteiger partial charge in [0.05, 0.1) is 23.7 Å². The molecule has 3 aromatic heterocycles. The molecule has 0 spiro atoms. The molecule has 0 aliphatic heterocycles. The first-order chi connectivity index (χ1) is 16.2. The minimum atomic E-state index is -0.166. The summed E-state index contributed by atoms with van der Waals surface area (Å²) in [6.07, 6.45) is 4.76. The van der Waals surface area contributed by atoms with Crippen LogP contribution in [0.15, 0.2) is 79.3 Å². The quantitative estimate of drug-likeness (QED) is 0.362. The van der Waals surface area contributed by atoms with Crippen molar-refractivity contribution in [2.45, 2.75) is 0 Å². The van der Waals surface area contributed by atoms with E-state index >= 15 is 0 Å². The third kappa shape index (κ3) is 3.78. The number of rotatable bonds is 6. The zero-order chi connectivity index (χ0) is 22.8. The lowest BCUT2D eigenvalue weighted by Gasteiger charge is -2.11. The van der Waals surface area contributed by atoms with Crippen LogP contribution in [0.25, 0.3) is 22.3 Å². The number of hydrogen-bond acceptors (Lipinski definition) is 7. The highest BCUT2D eigenvalue weighted by molar-refractivity contribution is 6.08. The van der Waals surface area contributed by atoms with Gasteiger partial charge < -0.3 is 14.0 Å². The summed E-state index contributed by atoms with van der Waals surface area (Å²) in [6.45, 7) is 0. The van der Waals surface area contributed by atoms with Gasteiger partial charge in [-0.2, -0.15) is 0 Å². The molecule has 0 atom stereocenters. The van der Waals surface area contributed by atoms with Crippen LogP contribution in [0.2, 0.25) is 0 Å². The lowest BCUT2D eigenvalue weighted by Crippen LogP contribution is -2.08. The van der Waals surface area contributed by atoms with Gasteiger partial charge in [0.25, 0.3) is 0 Å². The zero-order valence-corrected chi connectivity index (χ0v) is 18.0. The van der Waals surface area contributed by atoms with Crippen LogP contribution in [-0.4, -0.2) is 37.4 Å². The minimum Gasteiger partial charge on any atom is -0.481 e. The number of nitrogens with zero attached hydrogens (tertiary/aromatic N) is 5. The first-order valence-electron chi connectivity index (χ1n) is 10.2. The van der Waals surface area contributed by atoms with Gasteiger partial charge >= 0.3 is 0 Å². The Morgan fingerprint density at radius 3 is 2.39 bits per heavy atom. The zero-order valence-electron chi connectivity index (χ0n) is 18.0. The molecule has 3 heterocycles. The van der Waals surface area contributed by atoms with Gasteiger partial charge in [-0.25, -0.2) is 19.9 Å². The Labute approximate surface area is 189 Å². The lowest BCUT2D eigenvalue weighted by molar-refractivity contribution is 0.102. The number of pyridine rings is 1. The fourth-order valence-electron chi connectivity index (χ4n) is 3.58. The molecule has 0 aliphatic rings. The summed E-state index contributed by atoms with van der Waals surface area (Å²) in [5, 5.41) is 0. The van der Waals surface area contributed by atoms with Gasteiger partial charge in [-0.1, -0.05) is 12.1 Å². The van der Waals surface area contributed by atoms with Gasteiger partial charge in [-0.15, -0.1) is 0 Å². The van der Waals surface area contributed by atoms with E-state index in [9.17, 15) is 4.79 Å². The Morgan fingerprint density at radius 2 is 1.61 bits per heavy atom. The van der Waals surface area contributed by atoms with Gasteiger partial charge in [-0.3, -0.25) is 4.79 Å². The Kier molecular flexibility index (Phi) is 5.24. The van der Waals surface area contributed by atoms with E-state index < -0.39 is 0 Å². The first kappa shape index (κ1) is 20.3. The van der Waals surface area contributed by atoms with Gasteiger partial charge in [0, 0.05) is 31.2 Å². The molecule has 8 nitrogen and oxygen atoms in total. The van der Waals surface area contributed by atoms with Crippen molar-refractivity contribution >= 4 is 16.8 Å². The van der Waals surface area contributed by atoms with E-state index in [1.807, 2.05) is 37.4 Å². The topological polar surface area (TPSA) is 92.0 Å². The van der Waals surface area contributed by atoms with Gasteiger partial charge in [0.2, 0.25) is 17.5 Å². The third-order valence-electron chi connectivity index (χ3n) is 5.21. The van der Waals surface area contributed by atoms with Crippen LogP contribution in [0.4, 0.5) is 0 Å². The molecule has 0 fully saturated rings. The number of ketones is 1. The lowest BCUT2D eigenvalue weighted by atomic mass is 10.1. The van der Waals surface area contributed by atoms with E-state index in [0.29, 0.717) is 40.2 Å². The maximum absolute atomic E-state index is 13.0. The maximum atomic E-state index is 13.0. The van der Waals surface area contributed by atoms with Crippen molar-refractivity contribution in [3.05, 3.63) is 90.6 Å². The summed E-state index contributed by atoms with van der Waals surface area (Å²) in [6, 6.07) is 18.1. The smallest absolute Gasteiger partial charge is 0.246 e. The van der Waals surface area contributed by atoms with Crippen molar-refractivity contribution in [3.8, 4) is 28.8 Å². The molecule has 0 saturated heterocycles. The fourth-order valence-corrected chi connectivity index (χ4v) is 3.58. The molecule has 0 radical (unpaired) electrons. The number of imidazole rings is 1. The van der Waals surface area contributed by atoms with Gasteiger partial charge in [0.15, 0.2) is 5.82 Å². The van der Waals surface area contributed by atoms with Gasteiger partial charge in [-0.05, 0) is 48.5 Å². The maximum Gasteiger partial charge on any atom is 0.246 e. The number of aryl methyl sites for hydroxylation is 1. The summed E-state index contributed by atoms with van der Waals surface area (Å²) in [5.74, 6) is 1.45. The van der Waals surface area contributed by atoms with Crippen LogP contribution in [-0.2, 0) is 7.05 Å². The number of para-hydroxylation sites is 2. The highest BCUT2D eigenvalue weighted by atomic mass is 16.5. The summed E-state index contributed by atoms with van der Waals surface area (Å²) >= 11 is 0. The molecular weight excluding hydrogens is 418 g/mol. The molecule has 5 aromatic rings. The second kappa shape index (κ2) is 8.51. The van der Waals surface area contributed by atoms with Crippen molar-refractivity contribution in [1.29, 1.82) is 0 Å². The Morgan fingerprint density at radius 1 is 0.848 bits per heavy atom. The van der Waals surface area contributed by atoms with E-state index in [4.69, 9.17) is 9.47 Å². The molecule has 0 bridgehead atoms. The molecule has 0 saturated carbocycles. The second-order valence-electron chi connectivity index (χ2n) is 7.21. The predicted molar refractivity (Wildman–Crippen MR) is 122 cm³/mol. The average Bonchev–Trinajstić information content (AvgIpc) is 3.21. The van der Waals surface area contributed by atoms with Gasteiger partial charge in [0.1, 0.15) is 11.4 Å². The number of aromatic nitrogens is 5. The van der Waals surface area contributed by atoms with Crippen LogP contribution >= 0.6 is 0 Å². The normalized spacial score (nSPS) is 10.8. The number of methoxy groups -OCH3 is 1. The number of fused-ring (bicyclic) bond motifs is 1. The van der Waals surface area contributed by atoms with E-state index in [2.05, 4.69) is 19.9 Å². The molecule has 8 heteroatoms. The number of benzene rings is 2. The van der Waals surface area contributed by atoms with Crippen molar-refractivity contribution < 1.29 is 14.3 Å². The Hall–Kier alpha value is -4.59. The molecule has 2 aromatic carbocycles. The molecule has 0 N–H and O–H groups in total. The van der Waals surface area contributed by atoms with Crippen molar-refractivity contribution in [1.82, 2.24) is 24.5 Å². The van der Waals surface area contributed by atoms with Crippen molar-refractivity contribution in [3.63, 3.8) is 0 Å². The highest BCUT2D eigenvalue weighted by Gasteiger charge is 2.18. The molecule has 0 amide bonds. The second-order valence-corrected chi connectivity index (χ2v) is 7.21. The molecule has 0 aliphatic carbocycles. The summed E-state index contributed by atoms with van der Waals surface area (Å²) in [5.41, 5.74) is 3.36. The number of ether oxygens (including phenoxy) is 2. The van der Waals surface area contributed by atoms with Crippen LogP contribution in [0.3, 0.4) is 0 Å². The highest BCUT2D eigenvalue weighted by Crippen LogP contribution is 2.34. The molecule has 5 rings (SSSR count). The number of carbonyl (C=O) groups excluding carboxylic acids is 1. The monoisotopic (exact) mass is 437 g/mol. The minimum absolute atomic E-state index is 0.166. The van der Waals surface area contributed by atoms with E-state index in [-0.39, 0.29) is 5.78 Å². The van der Waals surface area contributed by atoms with Crippen molar-refractivity contribution in [2.75, 3.05) is 7.11 Å². The third-order valence-corrected chi connectivity index (χ3v) is 5.21. The summed E-state index contributed by atoms with van der Waals surface area (Å²) < 4.78 is 13.1. The van der Waals surface area contributed by atoms with E-state index in [0.717, 1.165) is 11.0 Å². The first-order valence-corrected chi connectivity index (χ1v) is 10.2.